The number of phenols is 1. The number of imidazole rings is 1. The predicted octanol–water partition coefficient (Wildman–Crippen LogP) is 6.30. The molecule has 27 heavy (non-hydrogen) atoms. The fourth-order valence-electron chi connectivity index (χ4n) is 2.80. The van der Waals surface area contributed by atoms with Crippen molar-refractivity contribution in [1.82, 2.24) is 9.97 Å². The second-order valence-electron chi connectivity index (χ2n) is 6.23. The van der Waals surface area contributed by atoms with E-state index in [1.807, 2.05) is 25.1 Å². The van der Waals surface area contributed by atoms with Crippen molar-refractivity contribution in [3.05, 3.63) is 75.8 Å². The third-order valence-electron chi connectivity index (χ3n) is 4.19. The van der Waals surface area contributed by atoms with Gasteiger partial charge in [0.2, 0.25) is 0 Å². The zero-order valence-electron chi connectivity index (χ0n) is 14.4. The quantitative estimate of drug-likeness (QED) is 0.399. The molecule has 2 N–H and O–H groups in total. The molecule has 4 aromatic rings. The summed E-state index contributed by atoms with van der Waals surface area (Å²) in [5.74, 6) is 0.726. The first kappa shape index (κ1) is 17.6. The number of aromatic amines is 1. The summed E-state index contributed by atoms with van der Waals surface area (Å²) in [5, 5.41) is 11.4. The van der Waals surface area contributed by atoms with Crippen LogP contribution in [0.25, 0.3) is 22.4 Å². The van der Waals surface area contributed by atoms with Crippen LogP contribution in [-0.4, -0.2) is 21.3 Å². The van der Waals surface area contributed by atoms with Crippen LogP contribution in [0.2, 0.25) is 10.0 Å². The Hall–Kier alpha value is -2.82. The van der Waals surface area contributed by atoms with Crippen molar-refractivity contribution in [3.63, 3.8) is 0 Å². The Labute approximate surface area is 166 Å². The number of aromatic nitrogens is 2. The number of phenolic OH excluding ortho intramolecular Hbond substituents is 1. The van der Waals surface area contributed by atoms with Crippen molar-refractivity contribution in [2.24, 2.45) is 4.99 Å². The number of aromatic hydroxyl groups is 1. The monoisotopic (exact) mass is 395 g/mol. The smallest absolute Gasteiger partial charge is 0.142 e. The topological polar surface area (TPSA) is 61.3 Å². The van der Waals surface area contributed by atoms with Gasteiger partial charge in [0.15, 0.2) is 0 Å². The number of fused-ring (bicyclic) bond motifs is 1. The molecule has 0 atom stereocenters. The lowest BCUT2D eigenvalue weighted by Gasteiger charge is -2.03. The highest BCUT2D eigenvalue weighted by atomic mass is 35.5. The summed E-state index contributed by atoms with van der Waals surface area (Å²) in [6.45, 7) is 2.02. The van der Waals surface area contributed by atoms with E-state index in [0.29, 0.717) is 27.1 Å². The van der Waals surface area contributed by atoms with Gasteiger partial charge in [-0.2, -0.15) is 0 Å². The highest BCUT2D eigenvalue weighted by molar-refractivity contribution is 6.36. The summed E-state index contributed by atoms with van der Waals surface area (Å²) < 4.78 is 0. The highest BCUT2D eigenvalue weighted by Gasteiger charge is 2.11. The molecule has 1 heterocycles. The van der Waals surface area contributed by atoms with E-state index in [9.17, 15) is 5.11 Å². The maximum absolute atomic E-state index is 10.3. The number of rotatable bonds is 3. The minimum absolute atomic E-state index is 0.134. The van der Waals surface area contributed by atoms with Crippen molar-refractivity contribution >= 4 is 46.1 Å². The molecule has 0 bridgehead atoms. The van der Waals surface area contributed by atoms with E-state index >= 15 is 0 Å². The average molecular weight is 396 g/mol. The molecule has 1 aromatic heterocycles. The Balaban J connectivity index is 1.71. The number of hydrogen-bond acceptors (Lipinski definition) is 3. The molecule has 4 nitrogen and oxygen atoms in total. The maximum atomic E-state index is 10.3. The predicted molar refractivity (Wildman–Crippen MR) is 112 cm³/mol. The lowest BCUT2D eigenvalue weighted by Crippen LogP contribution is -1.84. The Morgan fingerprint density at radius 3 is 2.70 bits per heavy atom. The van der Waals surface area contributed by atoms with E-state index in [2.05, 4.69) is 15.0 Å². The molecule has 0 fully saturated rings. The minimum Gasteiger partial charge on any atom is -0.507 e. The average Bonchev–Trinajstić information content (AvgIpc) is 3.05. The lowest BCUT2D eigenvalue weighted by molar-refractivity contribution is 0.477. The van der Waals surface area contributed by atoms with Crippen LogP contribution >= 0.6 is 23.2 Å². The van der Waals surface area contributed by atoms with Gasteiger partial charge in [-0.05, 0) is 55.0 Å². The molecule has 0 aliphatic heterocycles. The van der Waals surface area contributed by atoms with E-state index in [4.69, 9.17) is 23.2 Å². The van der Waals surface area contributed by atoms with Crippen LogP contribution in [0.3, 0.4) is 0 Å². The number of aryl methyl sites for hydroxylation is 1. The van der Waals surface area contributed by atoms with E-state index in [0.717, 1.165) is 22.2 Å². The van der Waals surface area contributed by atoms with E-state index in [1.165, 1.54) is 0 Å². The second kappa shape index (κ2) is 7.06. The first-order valence-electron chi connectivity index (χ1n) is 8.28. The molecule has 0 aliphatic carbocycles. The van der Waals surface area contributed by atoms with Crippen molar-refractivity contribution in [2.75, 3.05) is 0 Å². The van der Waals surface area contributed by atoms with Gasteiger partial charge < -0.3 is 10.1 Å². The van der Waals surface area contributed by atoms with Crippen LogP contribution in [0.15, 0.2) is 59.6 Å². The van der Waals surface area contributed by atoms with Crippen LogP contribution in [0.5, 0.6) is 5.75 Å². The molecule has 0 radical (unpaired) electrons. The van der Waals surface area contributed by atoms with Gasteiger partial charge in [-0.15, -0.1) is 0 Å². The summed E-state index contributed by atoms with van der Waals surface area (Å²) in [6, 6.07) is 16.3. The van der Waals surface area contributed by atoms with Crippen LogP contribution < -0.4 is 0 Å². The van der Waals surface area contributed by atoms with Gasteiger partial charge in [-0.1, -0.05) is 35.3 Å². The Kier molecular flexibility index (Phi) is 4.60. The number of halogens is 2. The molecular weight excluding hydrogens is 381 g/mol. The van der Waals surface area contributed by atoms with Crippen molar-refractivity contribution in [2.45, 2.75) is 6.92 Å². The van der Waals surface area contributed by atoms with Gasteiger partial charge in [0.25, 0.3) is 0 Å². The number of hydrogen-bond donors (Lipinski definition) is 2. The molecular formula is C21H15Cl2N3O. The summed E-state index contributed by atoms with van der Waals surface area (Å²) in [5.41, 5.74) is 4.92. The molecule has 0 amide bonds. The molecule has 0 saturated carbocycles. The van der Waals surface area contributed by atoms with E-state index in [1.54, 1.807) is 42.6 Å². The van der Waals surface area contributed by atoms with E-state index in [-0.39, 0.29) is 5.75 Å². The van der Waals surface area contributed by atoms with Gasteiger partial charge in [0.05, 0.1) is 27.3 Å². The van der Waals surface area contributed by atoms with Crippen LogP contribution in [-0.2, 0) is 0 Å². The zero-order valence-corrected chi connectivity index (χ0v) is 15.9. The van der Waals surface area contributed by atoms with Gasteiger partial charge >= 0.3 is 0 Å². The second-order valence-corrected chi connectivity index (χ2v) is 7.08. The van der Waals surface area contributed by atoms with Gasteiger partial charge in [-0.25, -0.2) is 4.98 Å². The summed E-state index contributed by atoms with van der Waals surface area (Å²) in [6.07, 6.45) is 1.66. The first-order chi connectivity index (χ1) is 13.0. The van der Waals surface area contributed by atoms with Crippen LogP contribution in [0, 0.1) is 6.92 Å². The molecule has 0 saturated heterocycles. The largest absolute Gasteiger partial charge is 0.507 e. The standard InChI is InChI=1S/C21H15Cl2N3O/c1-12-2-6-18-19(8-12)26-21(25-18)16-10-15(5-7-20(16)27)24-11-13-3-4-14(22)9-17(13)23/h2-11,27H,1H3,(H,25,26). The third-order valence-corrected chi connectivity index (χ3v) is 4.75. The number of benzene rings is 3. The van der Waals surface area contributed by atoms with Crippen molar-refractivity contribution in [3.8, 4) is 17.1 Å². The summed E-state index contributed by atoms with van der Waals surface area (Å²) >= 11 is 12.1. The fourth-order valence-corrected chi connectivity index (χ4v) is 3.25. The fraction of sp³-hybridized carbons (Fsp3) is 0.0476. The zero-order chi connectivity index (χ0) is 19.0. The summed E-state index contributed by atoms with van der Waals surface area (Å²) in [4.78, 5) is 12.3. The van der Waals surface area contributed by atoms with Crippen LogP contribution in [0.1, 0.15) is 11.1 Å². The number of aliphatic imine (C=N–C) groups is 1. The Morgan fingerprint density at radius 2 is 1.89 bits per heavy atom. The third kappa shape index (κ3) is 3.68. The van der Waals surface area contributed by atoms with Crippen molar-refractivity contribution in [1.29, 1.82) is 0 Å². The van der Waals surface area contributed by atoms with Crippen LogP contribution in [0.4, 0.5) is 5.69 Å². The number of nitrogens with zero attached hydrogens (tertiary/aromatic N) is 2. The molecule has 0 spiro atoms. The summed E-state index contributed by atoms with van der Waals surface area (Å²) in [7, 11) is 0. The molecule has 3 aromatic carbocycles. The maximum Gasteiger partial charge on any atom is 0.142 e. The van der Waals surface area contributed by atoms with Gasteiger partial charge in [0.1, 0.15) is 11.6 Å². The van der Waals surface area contributed by atoms with Gasteiger partial charge in [0, 0.05) is 16.8 Å². The Bertz CT molecular complexity index is 1180. The Morgan fingerprint density at radius 1 is 1.04 bits per heavy atom. The molecule has 4 rings (SSSR count). The molecule has 0 aliphatic rings. The SMILES string of the molecule is Cc1ccc2nc(-c3cc(N=Cc4ccc(Cl)cc4Cl)ccc3O)[nH]c2c1. The lowest BCUT2D eigenvalue weighted by atomic mass is 10.1. The number of H-pyrrole nitrogens is 1. The first-order valence-corrected chi connectivity index (χ1v) is 9.04. The molecule has 6 heteroatoms. The normalized spacial score (nSPS) is 11.5. The molecule has 0 unspecified atom stereocenters. The minimum atomic E-state index is 0.134. The van der Waals surface area contributed by atoms with E-state index < -0.39 is 0 Å². The van der Waals surface area contributed by atoms with Crippen molar-refractivity contribution < 1.29 is 5.11 Å². The molecule has 134 valence electrons. The highest BCUT2D eigenvalue weighted by Crippen LogP contribution is 2.32. The van der Waals surface area contributed by atoms with Gasteiger partial charge in [-0.3, -0.25) is 4.99 Å². The number of nitrogens with one attached hydrogen (secondary N) is 1.